The van der Waals surface area contributed by atoms with E-state index in [-0.39, 0.29) is 11.9 Å². The highest BCUT2D eigenvalue weighted by Gasteiger charge is 2.11. The quantitative estimate of drug-likeness (QED) is 0.736. The van der Waals surface area contributed by atoms with E-state index in [4.69, 9.17) is 0 Å². The van der Waals surface area contributed by atoms with E-state index in [1.165, 1.54) is 0 Å². The van der Waals surface area contributed by atoms with Crippen molar-refractivity contribution in [2.24, 2.45) is 7.05 Å². The molecule has 0 aliphatic heterocycles. The first-order valence-corrected chi connectivity index (χ1v) is 5.62. The third-order valence-corrected chi connectivity index (χ3v) is 2.43. The van der Waals surface area contributed by atoms with Crippen LogP contribution in [0.4, 0.5) is 0 Å². The van der Waals surface area contributed by atoms with Gasteiger partial charge in [0, 0.05) is 26.0 Å². The predicted octanol–water partition coefficient (Wildman–Crippen LogP) is 0.424. The van der Waals surface area contributed by atoms with Crippen LogP contribution in [0.3, 0.4) is 0 Å². The van der Waals surface area contributed by atoms with Crippen LogP contribution in [0.1, 0.15) is 26.1 Å². The van der Waals surface area contributed by atoms with Crippen molar-refractivity contribution >= 4 is 5.91 Å². The molecule has 1 rings (SSSR count). The van der Waals surface area contributed by atoms with E-state index in [0.29, 0.717) is 6.54 Å². The number of hydrogen-bond acceptors (Lipinski definition) is 3. The molecule has 5 heteroatoms. The van der Waals surface area contributed by atoms with Crippen LogP contribution in [-0.4, -0.2) is 28.0 Å². The summed E-state index contributed by atoms with van der Waals surface area (Å²) in [5.41, 5.74) is 0. The van der Waals surface area contributed by atoms with Gasteiger partial charge in [-0.3, -0.25) is 10.1 Å². The fraction of sp³-hybridized carbons (Fsp3) is 0.636. The van der Waals surface area contributed by atoms with Crippen LogP contribution in [0.2, 0.25) is 0 Å². The number of hydrogen-bond donors (Lipinski definition) is 2. The summed E-state index contributed by atoms with van der Waals surface area (Å²) in [7, 11) is 1.94. The lowest BCUT2D eigenvalue weighted by atomic mass is 10.3. The first-order valence-electron chi connectivity index (χ1n) is 5.62. The van der Waals surface area contributed by atoms with Crippen LogP contribution in [0.5, 0.6) is 0 Å². The Kier molecular flexibility index (Phi) is 4.98. The molecule has 2 N–H and O–H groups in total. The van der Waals surface area contributed by atoms with Crippen LogP contribution in [0, 0.1) is 0 Å². The normalized spacial score (nSPS) is 12.4. The van der Waals surface area contributed by atoms with Gasteiger partial charge in [0.05, 0.1) is 12.6 Å². The zero-order valence-corrected chi connectivity index (χ0v) is 10.2. The topological polar surface area (TPSA) is 59.0 Å². The Morgan fingerprint density at radius 2 is 2.38 bits per heavy atom. The second-order valence-corrected chi connectivity index (χ2v) is 3.85. The molecule has 1 atom stereocenters. The van der Waals surface area contributed by atoms with Gasteiger partial charge in [-0.15, -0.1) is 0 Å². The van der Waals surface area contributed by atoms with Gasteiger partial charge in [0.25, 0.3) is 0 Å². The highest BCUT2D eigenvalue weighted by molar-refractivity contribution is 5.81. The Morgan fingerprint density at radius 1 is 1.62 bits per heavy atom. The molecule has 0 bridgehead atoms. The number of imidazole rings is 1. The van der Waals surface area contributed by atoms with Gasteiger partial charge in [-0.1, -0.05) is 6.92 Å². The zero-order chi connectivity index (χ0) is 12.0. The third-order valence-electron chi connectivity index (χ3n) is 2.43. The Morgan fingerprint density at radius 3 is 2.94 bits per heavy atom. The Hall–Kier alpha value is -1.36. The fourth-order valence-corrected chi connectivity index (χ4v) is 1.31. The number of carbonyl (C=O) groups excluding carboxylic acids is 1. The van der Waals surface area contributed by atoms with Crippen LogP contribution in [0.15, 0.2) is 12.4 Å². The maximum Gasteiger partial charge on any atom is 0.236 e. The molecule has 0 saturated carbocycles. The minimum Gasteiger partial charge on any atom is -0.355 e. The van der Waals surface area contributed by atoms with Gasteiger partial charge in [-0.25, -0.2) is 4.98 Å². The molecule has 0 aliphatic carbocycles. The summed E-state index contributed by atoms with van der Waals surface area (Å²) in [5, 5.41) is 5.99. The minimum absolute atomic E-state index is 0.0380. The molecule has 0 fully saturated rings. The average molecular weight is 224 g/mol. The molecule has 1 aromatic heterocycles. The molecule has 1 heterocycles. The van der Waals surface area contributed by atoms with Crippen molar-refractivity contribution in [1.29, 1.82) is 0 Å². The van der Waals surface area contributed by atoms with Gasteiger partial charge in [0.1, 0.15) is 5.82 Å². The fourth-order valence-electron chi connectivity index (χ4n) is 1.31. The summed E-state index contributed by atoms with van der Waals surface area (Å²) >= 11 is 0. The Balaban J connectivity index is 2.32. The van der Waals surface area contributed by atoms with Crippen molar-refractivity contribution in [3.05, 3.63) is 18.2 Å². The summed E-state index contributed by atoms with van der Waals surface area (Å²) in [4.78, 5) is 15.7. The average Bonchev–Trinajstić information content (AvgIpc) is 2.68. The molecule has 0 aliphatic rings. The SMILES string of the molecule is CCCNC(=O)C(C)NCc1nccn1C. The molecular weight excluding hydrogens is 204 g/mol. The van der Waals surface area contributed by atoms with Crippen molar-refractivity contribution in [2.45, 2.75) is 32.9 Å². The lowest BCUT2D eigenvalue weighted by Gasteiger charge is -2.13. The van der Waals surface area contributed by atoms with Crippen molar-refractivity contribution in [1.82, 2.24) is 20.2 Å². The Labute approximate surface area is 96.3 Å². The van der Waals surface area contributed by atoms with Gasteiger partial charge < -0.3 is 9.88 Å². The molecule has 90 valence electrons. The van der Waals surface area contributed by atoms with Gasteiger partial charge in [-0.05, 0) is 13.3 Å². The van der Waals surface area contributed by atoms with Gasteiger partial charge in [-0.2, -0.15) is 0 Å². The van der Waals surface area contributed by atoms with E-state index in [1.807, 2.05) is 31.7 Å². The number of aryl methyl sites for hydroxylation is 1. The summed E-state index contributed by atoms with van der Waals surface area (Å²) in [5.74, 6) is 0.964. The van der Waals surface area contributed by atoms with Crippen molar-refractivity contribution in [3.8, 4) is 0 Å². The predicted molar refractivity (Wildman–Crippen MR) is 62.8 cm³/mol. The third kappa shape index (κ3) is 3.66. The molecule has 5 nitrogen and oxygen atoms in total. The summed E-state index contributed by atoms with van der Waals surface area (Å²) in [6.45, 7) is 5.22. The Bertz CT molecular complexity index is 334. The van der Waals surface area contributed by atoms with Crippen LogP contribution < -0.4 is 10.6 Å². The molecule has 0 radical (unpaired) electrons. The molecule has 0 saturated heterocycles. The molecule has 1 unspecified atom stereocenters. The van der Waals surface area contributed by atoms with Gasteiger partial charge in [0.15, 0.2) is 0 Å². The van der Waals surface area contributed by atoms with Crippen molar-refractivity contribution in [3.63, 3.8) is 0 Å². The zero-order valence-electron chi connectivity index (χ0n) is 10.2. The smallest absolute Gasteiger partial charge is 0.236 e. The van der Waals surface area contributed by atoms with E-state index < -0.39 is 0 Å². The largest absolute Gasteiger partial charge is 0.355 e. The van der Waals surface area contributed by atoms with Crippen LogP contribution in [0.25, 0.3) is 0 Å². The number of aromatic nitrogens is 2. The van der Waals surface area contributed by atoms with E-state index in [1.54, 1.807) is 6.20 Å². The number of rotatable bonds is 6. The lowest BCUT2D eigenvalue weighted by molar-refractivity contribution is -0.122. The maximum atomic E-state index is 11.5. The molecule has 16 heavy (non-hydrogen) atoms. The first-order chi connectivity index (χ1) is 7.65. The molecular formula is C11H20N4O. The highest BCUT2D eigenvalue weighted by atomic mass is 16.2. The number of carbonyl (C=O) groups is 1. The molecule has 1 aromatic rings. The summed E-state index contributed by atoms with van der Waals surface area (Å²) in [6.07, 6.45) is 4.59. The number of nitrogens with zero attached hydrogens (tertiary/aromatic N) is 2. The van der Waals surface area contributed by atoms with E-state index in [2.05, 4.69) is 15.6 Å². The second-order valence-electron chi connectivity index (χ2n) is 3.85. The van der Waals surface area contributed by atoms with Gasteiger partial charge in [0.2, 0.25) is 5.91 Å². The second kappa shape index (κ2) is 6.27. The van der Waals surface area contributed by atoms with Gasteiger partial charge >= 0.3 is 0 Å². The summed E-state index contributed by atoms with van der Waals surface area (Å²) < 4.78 is 1.93. The monoisotopic (exact) mass is 224 g/mol. The van der Waals surface area contributed by atoms with E-state index in [9.17, 15) is 4.79 Å². The van der Waals surface area contributed by atoms with Crippen molar-refractivity contribution < 1.29 is 4.79 Å². The van der Waals surface area contributed by atoms with Crippen molar-refractivity contribution in [2.75, 3.05) is 6.54 Å². The molecule has 1 amide bonds. The number of nitrogens with one attached hydrogen (secondary N) is 2. The van der Waals surface area contributed by atoms with Crippen LogP contribution >= 0.6 is 0 Å². The lowest BCUT2D eigenvalue weighted by Crippen LogP contribution is -2.42. The maximum absolute atomic E-state index is 11.5. The number of amides is 1. The molecule has 0 aromatic carbocycles. The standard InChI is InChI=1S/C11H20N4O/c1-4-5-13-11(16)9(2)14-8-10-12-6-7-15(10)3/h6-7,9,14H,4-5,8H2,1-3H3,(H,13,16). The van der Waals surface area contributed by atoms with E-state index in [0.717, 1.165) is 18.8 Å². The van der Waals surface area contributed by atoms with E-state index >= 15 is 0 Å². The first kappa shape index (κ1) is 12.7. The summed E-state index contributed by atoms with van der Waals surface area (Å²) in [6, 6.07) is -0.191. The van der Waals surface area contributed by atoms with Crippen LogP contribution in [-0.2, 0) is 18.4 Å². The highest BCUT2D eigenvalue weighted by Crippen LogP contribution is 1.94. The minimum atomic E-state index is -0.191. The molecule has 0 spiro atoms.